The van der Waals surface area contributed by atoms with Crippen LogP contribution < -0.4 is 16.4 Å². The minimum atomic E-state index is -0.175. The molecule has 0 radical (unpaired) electrons. The first-order valence-corrected chi connectivity index (χ1v) is 8.87. The van der Waals surface area contributed by atoms with E-state index in [1.807, 2.05) is 19.1 Å². The summed E-state index contributed by atoms with van der Waals surface area (Å²) in [7, 11) is 0. The van der Waals surface area contributed by atoms with Gasteiger partial charge in [0.15, 0.2) is 0 Å². The van der Waals surface area contributed by atoms with Crippen molar-refractivity contribution in [3.05, 3.63) is 29.3 Å². The van der Waals surface area contributed by atoms with E-state index in [-0.39, 0.29) is 18.0 Å². The van der Waals surface area contributed by atoms with Crippen LogP contribution in [0, 0.1) is 6.92 Å². The number of urea groups is 1. The molecule has 6 heteroatoms. The highest BCUT2D eigenvalue weighted by molar-refractivity contribution is 5.95. The van der Waals surface area contributed by atoms with E-state index in [0.29, 0.717) is 24.5 Å². The maximum Gasteiger partial charge on any atom is 0.322 e. The number of amides is 3. The topological polar surface area (TPSA) is 87.5 Å². The zero-order valence-corrected chi connectivity index (χ0v) is 14.9. The van der Waals surface area contributed by atoms with Crippen molar-refractivity contribution in [2.75, 3.05) is 24.1 Å². The molecule has 2 aliphatic rings. The van der Waals surface area contributed by atoms with Gasteiger partial charge in [-0.3, -0.25) is 4.79 Å². The van der Waals surface area contributed by atoms with Crippen molar-refractivity contribution in [1.29, 1.82) is 0 Å². The highest BCUT2D eigenvalue weighted by Crippen LogP contribution is 2.35. The third-order valence-electron chi connectivity index (χ3n) is 4.94. The maximum absolute atomic E-state index is 12.5. The monoisotopic (exact) mass is 342 g/mol. The molecule has 0 atom stereocenters. The number of likely N-dealkylation sites (tertiary alicyclic amines) is 1. The molecule has 1 fully saturated rings. The van der Waals surface area contributed by atoms with Crippen LogP contribution in [0.4, 0.5) is 16.2 Å². The fourth-order valence-corrected chi connectivity index (χ4v) is 3.54. The fraction of sp³-hybridized carbons (Fsp3) is 0.474. The zero-order chi connectivity index (χ0) is 18.0. The van der Waals surface area contributed by atoms with Crippen molar-refractivity contribution in [3.63, 3.8) is 0 Å². The Morgan fingerprint density at radius 3 is 2.64 bits per heavy atom. The minimum Gasteiger partial charge on any atom is -0.397 e. The number of hydrogen-bond donors (Lipinski definition) is 3. The Morgan fingerprint density at radius 1 is 1.24 bits per heavy atom. The normalized spacial score (nSPS) is 17.5. The van der Waals surface area contributed by atoms with Gasteiger partial charge in [0.2, 0.25) is 5.91 Å². The van der Waals surface area contributed by atoms with Gasteiger partial charge in [-0.2, -0.15) is 0 Å². The first-order valence-electron chi connectivity index (χ1n) is 8.87. The molecule has 1 saturated heterocycles. The van der Waals surface area contributed by atoms with Crippen molar-refractivity contribution in [3.8, 4) is 0 Å². The number of allylic oxidation sites excluding steroid dienone is 2. The van der Waals surface area contributed by atoms with Crippen molar-refractivity contribution < 1.29 is 9.59 Å². The molecule has 1 heterocycles. The van der Waals surface area contributed by atoms with Crippen molar-refractivity contribution in [2.45, 2.75) is 45.6 Å². The molecule has 0 spiro atoms. The van der Waals surface area contributed by atoms with Gasteiger partial charge in [-0.15, -0.1) is 0 Å². The Labute approximate surface area is 148 Å². The van der Waals surface area contributed by atoms with Crippen molar-refractivity contribution >= 4 is 28.9 Å². The molecule has 6 nitrogen and oxygen atoms in total. The average Bonchev–Trinajstić information content (AvgIpc) is 2.55. The molecule has 25 heavy (non-hydrogen) atoms. The highest BCUT2D eigenvalue weighted by atomic mass is 16.2. The molecule has 0 saturated carbocycles. The molecule has 134 valence electrons. The average molecular weight is 342 g/mol. The number of hydrogen-bond acceptors (Lipinski definition) is 3. The van der Waals surface area contributed by atoms with Gasteiger partial charge in [-0.05, 0) is 55.4 Å². The van der Waals surface area contributed by atoms with Gasteiger partial charge < -0.3 is 21.3 Å². The second kappa shape index (κ2) is 7.17. The zero-order valence-electron chi connectivity index (χ0n) is 14.9. The van der Waals surface area contributed by atoms with Crippen LogP contribution in [-0.4, -0.2) is 36.0 Å². The maximum atomic E-state index is 12.5. The summed E-state index contributed by atoms with van der Waals surface area (Å²) in [5.74, 6) is -0.0707. The van der Waals surface area contributed by atoms with Gasteiger partial charge in [0.25, 0.3) is 0 Å². The molecule has 1 aromatic rings. The van der Waals surface area contributed by atoms with Crippen molar-refractivity contribution in [1.82, 2.24) is 10.2 Å². The van der Waals surface area contributed by atoms with Crippen LogP contribution in [0.15, 0.2) is 18.2 Å². The predicted molar refractivity (Wildman–Crippen MR) is 100 cm³/mol. The number of nitrogens with two attached hydrogens (primary N) is 1. The van der Waals surface area contributed by atoms with Gasteiger partial charge in [0.05, 0.1) is 17.4 Å². The van der Waals surface area contributed by atoms with E-state index in [0.717, 1.165) is 18.4 Å². The molecule has 3 rings (SSSR count). The molecule has 1 aromatic carbocycles. The summed E-state index contributed by atoms with van der Waals surface area (Å²) in [5, 5.41) is 5.77. The van der Waals surface area contributed by atoms with Gasteiger partial charge in [-0.1, -0.05) is 12.1 Å². The van der Waals surface area contributed by atoms with Gasteiger partial charge in [-0.25, -0.2) is 4.79 Å². The Bertz CT molecular complexity index is 720. The third kappa shape index (κ3) is 3.78. The van der Waals surface area contributed by atoms with E-state index >= 15 is 0 Å². The van der Waals surface area contributed by atoms with Gasteiger partial charge >= 0.3 is 6.03 Å². The molecular weight excluding hydrogens is 316 g/mol. The van der Waals surface area contributed by atoms with E-state index in [4.69, 9.17) is 5.73 Å². The summed E-state index contributed by atoms with van der Waals surface area (Å²) < 4.78 is 0. The van der Waals surface area contributed by atoms with Crippen LogP contribution in [0.2, 0.25) is 0 Å². The first-order chi connectivity index (χ1) is 12.0. The lowest BCUT2D eigenvalue weighted by Gasteiger charge is -2.39. The Kier molecular flexibility index (Phi) is 4.97. The first kappa shape index (κ1) is 17.3. The van der Waals surface area contributed by atoms with E-state index in [9.17, 15) is 9.59 Å². The minimum absolute atomic E-state index is 0.0421. The fourth-order valence-electron chi connectivity index (χ4n) is 3.54. The number of nitrogen functional groups attached to an aromatic ring is 1. The van der Waals surface area contributed by atoms with Gasteiger partial charge in [0.1, 0.15) is 0 Å². The summed E-state index contributed by atoms with van der Waals surface area (Å²) in [6.45, 7) is 4.54. The molecule has 4 N–H and O–H groups in total. The SMILES string of the molecule is CC(=O)NC1CN(C(=O)Nc2c(N)ccc(C3=CCCCC3)c2C)C1. The quantitative estimate of drug-likeness (QED) is 0.738. The number of carbonyl (C=O) groups is 2. The highest BCUT2D eigenvalue weighted by Gasteiger charge is 2.31. The van der Waals surface area contributed by atoms with E-state index in [1.165, 1.54) is 30.9 Å². The predicted octanol–water partition coefficient (Wildman–Crippen LogP) is 2.89. The van der Waals surface area contributed by atoms with Crippen LogP contribution in [-0.2, 0) is 4.79 Å². The van der Waals surface area contributed by atoms with Crippen molar-refractivity contribution in [2.24, 2.45) is 0 Å². The lowest BCUT2D eigenvalue weighted by molar-refractivity contribution is -0.120. The summed E-state index contributed by atoms with van der Waals surface area (Å²) in [6.07, 6.45) is 6.92. The summed E-state index contributed by atoms with van der Waals surface area (Å²) >= 11 is 0. The molecule has 1 aliphatic heterocycles. The molecule has 0 bridgehead atoms. The molecule has 0 aromatic heterocycles. The second-order valence-corrected chi connectivity index (χ2v) is 6.91. The number of rotatable bonds is 3. The van der Waals surface area contributed by atoms with Crippen LogP contribution in [0.25, 0.3) is 5.57 Å². The third-order valence-corrected chi connectivity index (χ3v) is 4.94. The van der Waals surface area contributed by atoms with Crippen LogP contribution >= 0.6 is 0 Å². The molecule has 3 amide bonds. The summed E-state index contributed by atoms with van der Waals surface area (Å²) in [6, 6.07) is 3.78. The van der Waals surface area contributed by atoms with Crippen LogP contribution in [0.1, 0.15) is 43.7 Å². The second-order valence-electron chi connectivity index (χ2n) is 6.91. The number of carbonyl (C=O) groups excluding carboxylic acids is 2. The van der Waals surface area contributed by atoms with E-state index in [2.05, 4.69) is 16.7 Å². The van der Waals surface area contributed by atoms with E-state index < -0.39 is 0 Å². The molecular formula is C19H26N4O2. The molecule has 0 unspecified atom stereocenters. The van der Waals surface area contributed by atoms with Crippen LogP contribution in [0.5, 0.6) is 0 Å². The Hall–Kier alpha value is -2.50. The van der Waals surface area contributed by atoms with Crippen LogP contribution in [0.3, 0.4) is 0 Å². The Morgan fingerprint density at radius 2 is 2.00 bits per heavy atom. The lowest BCUT2D eigenvalue weighted by Crippen LogP contribution is -2.61. The smallest absolute Gasteiger partial charge is 0.322 e. The standard InChI is InChI=1S/C19H26N4O2/c1-12-16(14-6-4-3-5-7-14)8-9-17(20)18(12)22-19(25)23-10-15(11-23)21-13(2)24/h6,8-9,15H,3-5,7,10-11,20H2,1-2H3,(H,21,24)(H,22,25). The summed E-state index contributed by atoms with van der Waals surface area (Å²) in [5.41, 5.74) is 10.9. The number of anilines is 2. The number of nitrogens with one attached hydrogen (secondary N) is 2. The molecule has 1 aliphatic carbocycles. The van der Waals surface area contributed by atoms with Gasteiger partial charge in [0, 0.05) is 20.0 Å². The largest absolute Gasteiger partial charge is 0.397 e. The number of benzene rings is 1. The Balaban J connectivity index is 1.71. The lowest BCUT2D eigenvalue weighted by atomic mass is 9.90. The summed E-state index contributed by atoms with van der Waals surface area (Å²) in [4.78, 5) is 25.2. The van der Waals surface area contributed by atoms with E-state index in [1.54, 1.807) is 4.90 Å². The number of nitrogens with zero attached hydrogens (tertiary/aromatic N) is 1.